The van der Waals surface area contributed by atoms with E-state index < -0.39 is 0 Å². The van der Waals surface area contributed by atoms with E-state index in [1.807, 2.05) is 23.4 Å². The fourth-order valence-corrected chi connectivity index (χ4v) is 6.69. The Morgan fingerprint density at radius 1 is 1.17 bits per heavy atom. The number of benzene rings is 1. The molecule has 1 saturated heterocycles. The molecule has 2 aliphatic rings. The minimum Gasteiger partial charge on any atom is -0.349 e. The van der Waals surface area contributed by atoms with Crippen LogP contribution in [-0.2, 0) is 0 Å². The van der Waals surface area contributed by atoms with E-state index >= 15 is 0 Å². The number of nitrogens with one attached hydrogen (secondary N) is 1. The summed E-state index contributed by atoms with van der Waals surface area (Å²) in [5, 5.41) is 5.90. The van der Waals surface area contributed by atoms with Crippen LogP contribution in [0.5, 0.6) is 0 Å². The quantitative estimate of drug-likeness (QED) is 0.402. The summed E-state index contributed by atoms with van der Waals surface area (Å²) >= 11 is 3.02. The number of hydrogen-bond acceptors (Lipinski definition) is 6. The maximum atomic E-state index is 13.7. The van der Waals surface area contributed by atoms with Gasteiger partial charge in [0.05, 0.1) is 15.6 Å². The molecule has 0 unspecified atom stereocenters. The van der Waals surface area contributed by atoms with Crippen LogP contribution >= 0.6 is 22.7 Å². The minimum atomic E-state index is -0.308. The number of likely N-dealkylation sites (tertiary alicyclic amines) is 1. The number of halogens is 1. The van der Waals surface area contributed by atoms with E-state index in [1.54, 1.807) is 16.5 Å². The van der Waals surface area contributed by atoms with Gasteiger partial charge in [-0.05, 0) is 50.3 Å². The normalized spacial score (nSPS) is 17.9. The van der Waals surface area contributed by atoms with Crippen LogP contribution in [0.4, 0.5) is 4.39 Å². The number of rotatable bonds is 6. The maximum Gasteiger partial charge on any atom is 0.274 e. The number of amides is 2. The highest BCUT2D eigenvalue weighted by molar-refractivity contribution is 7.15. The highest BCUT2D eigenvalue weighted by Gasteiger charge is 2.35. The van der Waals surface area contributed by atoms with Crippen molar-refractivity contribution in [2.24, 2.45) is 0 Å². The first-order chi connectivity index (χ1) is 17.0. The van der Waals surface area contributed by atoms with Crippen molar-refractivity contribution in [1.29, 1.82) is 0 Å². The molecule has 10 heteroatoms. The Bertz CT molecular complexity index is 1420. The number of imidazole rings is 1. The smallest absolute Gasteiger partial charge is 0.274 e. The molecular weight excluding hydrogens is 485 g/mol. The molecule has 1 aromatic carbocycles. The monoisotopic (exact) mass is 509 g/mol. The fourth-order valence-electron chi connectivity index (χ4n) is 4.70. The molecule has 4 heterocycles. The number of aryl methyl sites for hydroxylation is 1. The third-order valence-corrected chi connectivity index (χ3v) is 8.69. The highest BCUT2D eigenvalue weighted by Crippen LogP contribution is 2.45. The zero-order chi connectivity index (χ0) is 24.1. The summed E-state index contributed by atoms with van der Waals surface area (Å²) in [6, 6.07) is 6.13. The predicted molar refractivity (Wildman–Crippen MR) is 134 cm³/mol. The summed E-state index contributed by atoms with van der Waals surface area (Å²) < 4.78 is 15.3. The summed E-state index contributed by atoms with van der Waals surface area (Å²) in [6.45, 7) is 2.82. The Morgan fingerprint density at radius 2 is 1.97 bits per heavy atom. The number of thiazole rings is 2. The van der Waals surface area contributed by atoms with Crippen LogP contribution in [0.2, 0.25) is 0 Å². The summed E-state index contributed by atoms with van der Waals surface area (Å²) in [5.74, 6) is -0.200. The van der Waals surface area contributed by atoms with Gasteiger partial charge in [0, 0.05) is 36.6 Å². The second-order valence-electron chi connectivity index (χ2n) is 9.12. The summed E-state index contributed by atoms with van der Waals surface area (Å²) in [5.41, 5.74) is 2.46. The van der Waals surface area contributed by atoms with Crippen molar-refractivity contribution in [2.75, 3.05) is 13.1 Å². The minimum absolute atomic E-state index is 0.107. The van der Waals surface area contributed by atoms with E-state index in [2.05, 4.69) is 10.3 Å². The van der Waals surface area contributed by atoms with Gasteiger partial charge in [-0.1, -0.05) is 12.1 Å². The van der Waals surface area contributed by atoms with Gasteiger partial charge in [-0.2, -0.15) is 0 Å². The van der Waals surface area contributed by atoms with Crippen molar-refractivity contribution in [3.05, 3.63) is 63.7 Å². The molecule has 4 aromatic rings. The number of nitrogens with zero attached hydrogens (tertiary/aromatic N) is 4. The second-order valence-corrected chi connectivity index (χ2v) is 11.0. The Morgan fingerprint density at radius 3 is 2.74 bits per heavy atom. The van der Waals surface area contributed by atoms with Gasteiger partial charge in [0.25, 0.3) is 11.8 Å². The van der Waals surface area contributed by atoms with Crippen LogP contribution in [0.15, 0.2) is 35.8 Å². The third kappa shape index (κ3) is 4.14. The van der Waals surface area contributed by atoms with Crippen molar-refractivity contribution in [2.45, 2.75) is 44.6 Å². The van der Waals surface area contributed by atoms with Gasteiger partial charge in [-0.25, -0.2) is 14.4 Å². The number of aromatic nitrogens is 3. The molecular formula is C25H24FN5O2S2. The molecule has 2 fully saturated rings. The zero-order valence-electron chi connectivity index (χ0n) is 19.2. The van der Waals surface area contributed by atoms with Crippen LogP contribution in [0.3, 0.4) is 0 Å². The Kier molecular flexibility index (Phi) is 5.64. The van der Waals surface area contributed by atoms with E-state index in [1.165, 1.54) is 34.8 Å². The van der Waals surface area contributed by atoms with Gasteiger partial charge in [0.1, 0.15) is 17.2 Å². The lowest BCUT2D eigenvalue weighted by Gasteiger charge is -2.24. The Hall–Kier alpha value is -3.11. The largest absolute Gasteiger partial charge is 0.349 e. The Balaban J connectivity index is 1.22. The molecule has 180 valence electrons. The second kappa shape index (κ2) is 8.83. The standard InChI is InChI=1S/C25H24FN5O2S2/c1-14-20(31-11-12-34-25(31)28-14)22(32)27-13-18-3-2-10-30(18)24(33)19-21(15-6-8-17(26)9-7-15)35-23(29-19)16-4-5-16/h6-9,11-12,16,18H,2-5,10,13H2,1H3,(H,27,32)/t18-/m0/s1. The fraction of sp³-hybridized carbons (Fsp3) is 0.360. The van der Waals surface area contributed by atoms with Crippen molar-refractivity contribution in [3.8, 4) is 10.4 Å². The molecule has 1 atom stereocenters. The molecule has 6 rings (SSSR count). The number of hydrogen-bond donors (Lipinski definition) is 1. The SMILES string of the molecule is Cc1nc2sccn2c1C(=O)NC[C@@H]1CCCN1C(=O)c1nc(C2CC2)sc1-c1ccc(F)cc1. The predicted octanol–water partition coefficient (Wildman–Crippen LogP) is 4.88. The third-order valence-electron chi connectivity index (χ3n) is 6.67. The van der Waals surface area contributed by atoms with E-state index in [0.29, 0.717) is 36.1 Å². The number of carbonyl (C=O) groups excluding carboxylic acids is 2. The maximum absolute atomic E-state index is 13.7. The molecule has 1 N–H and O–H groups in total. The van der Waals surface area contributed by atoms with Crippen molar-refractivity contribution >= 4 is 39.4 Å². The average Bonchev–Trinajstić information content (AvgIpc) is 3.19. The molecule has 1 aliphatic heterocycles. The van der Waals surface area contributed by atoms with Gasteiger partial charge in [-0.3, -0.25) is 14.0 Å². The molecule has 35 heavy (non-hydrogen) atoms. The average molecular weight is 510 g/mol. The lowest BCUT2D eigenvalue weighted by atomic mass is 10.1. The van der Waals surface area contributed by atoms with Gasteiger partial charge in [-0.15, -0.1) is 22.7 Å². The van der Waals surface area contributed by atoms with Gasteiger partial charge < -0.3 is 10.2 Å². The van der Waals surface area contributed by atoms with Gasteiger partial charge in [0.15, 0.2) is 4.96 Å². The van der Waals surface area contributed by atoms with Crippen molar-refractivity contribution < 1.29 is 14.0 Å². The number of fused-ring (bicyclic) bond motifs is 1. The molecule has 0 spiro atoms. The van der Waals surface area contributed by atoms with Crippen molar-refractivity contribution in [1.82, 2.24) is 24.6 Å². The number of carbonyl (C=O) groups is 2. The van der Waals surface area contributed by atoms with Gasteiger partial charge >= 0.3 is 0 Å². The van der Waals surface area contributed by atoms with Gasteiger partial charge in [0.2, 0.25) is 0 Å². The first-order valence-corrected chi connectivity index (χ1v) is 13.5. The molecule has 1 saturated carbocycles. The molecule has 1 aliphatic carbocycles. The molecule has 7 nitrogen and oxygen atoms in total. The van der Waals surface area contributed by atoms with E-state index in [0.717, 1.165) is 46.1 Å². The van der Waals surface area contributed by atoms with Crippen LogP contribution in [0, 0.1) is 12.7 Å². The molecule has 2 amide bonds. The zero-order valence-corrected chi connectivity index (χ0v) is 20.8. The lowest BCUT2D eigenvalue weighted by Crippen LogP contribution is -2.43. The van der Waals surface area contributed by atoms with Crippen molar-refractivity contribution in [3.63, 3.8) is 0 Å². The molecule has 0 radical (unpaired) electrons. The van der Waals surface area contributed by atoms with E-state index in [-0.39, 0.29) is 23.7 Å². The van der Waals surface area contributed by atoms with Crippen LogP contribution in [-0.4, -0.2) is 50.2 Å². The molecule has 0 bridgehead atoms. The van der Waals surface area contributed by atoms with E-state index in [4.69, 9.17) is 4.98 Å². The Labute approximate surface area is 209 Å². The lowest BCUT2D eigenvalue weighted by molar-refractivity contribution is 0.0720. The topological polar surface area (TPSA) is 79.6 Å². The van der Waals surface area contributed by atoms with Crippen LogP contribution in [0.25, 0.3) is 15.4 Å². The van der Waals surface area contributed by atoms with Crippen LogP contribution < -0.4 is 5.32 Å². The van der Waals surface area contributed by atoms with Crippen LogP contribution in [0.1, 0.15) is 63.3 Å². The van der Waals surface area contributed by atoms with E-state index in [9.17, 15) is 14.0 Å². The summed E-state index contributed by atoms with van der Waals surface area (Å²) in [4.78, 5) is 39.3. The summed E-state index contributed by atoms with van der Waals surface area (Å²) in [7, 11) is 0. The molecule has 3 aromatic heterocycles. The first-order valence-electron chi connectivity index (χ1n) is 11.8. The highest BCUT2D eigenvalue weighted by atomic mass is 32.1. The summed E-state index contributed by atoms with van der Waals surface area (Å²) in [6.07, 6.45) is 5.72. The first kappa shape index (κ1) is 22.4.